The molecule has 338 valence electrons. The molecule has 12 nitrogen and oxygen atoms in total. The third-order valence-electron chi connectivity index (χ3n) is 9.90. The van der Waals surface area contributed by atoms with Gasteiger partial charge < -0.3 is 20.6 Å². The number of hydrazine groups is 1. The van der Waals surface area contributed by atoms with Crippen LogP contribution in [0.2, 0.25) is 20.1 Å². The molecule has 22 heteroatoms. The maximum atomic E-state index is 13.4. The number of imidazole rings is 2. The van der Waals surface area contributed by atoms with E-state index in [9.17, 15) is 26.3 Å². The summed E-state index contributed by atoms with van der Waals surface area (Å²) in [7, 11) is 0. The average molecular weight is 985 g/mol. The fraction of sp³-hybridized carbons (Fsp3) is 0.136. The van der Waals surface area contributed by atoms with E-state index in [4.69, 9.17) is 56.4 Å². The molecule has 0 aliphatic heterocycles. The van der Waals surface area contributed by atoms with Crippen LogP contribution in [0, 0.1) is 0 Å². The number of aromatic amines is 2. The normalized spacial score (nSPS) is 11.7. The molecule has 2 aromatic carbocycles. The van der Waals surface area contributed by atoms with Gasteiger partial charge in [0.05, 0.1) is 45.6 Å². The molecular weight excluding hydrogens is 952 g/mol. The summed E-state index contributed by atoms with van der Waals surface area (Å²) in [6.45, 7) is 0.311. The van der Waals surface area contributed by atoms with E-state index in [2.05, 4.69) is 40.5 Å². The molecule has 0 fully saturated rings. The van der Waals surface area contributed by atoms with Gasteiger partial charge in [-0.1, -0.05) is 46.4 Å². The first-order valence-electron chi connectivity index (χ1n) is 19.6. The second-order valence-electron chi connectivity index (χ2n) is 14.2. The van der Waals surface area contributed by atoms with Gasteiger partial charge in [0.2, 0.25) is 0 Å². The Balaban J connectivity index is 1.27. The van der Waals surface area contributed by atoms with Gasteiger partial charge in [-0.25, -0.2) is 29.9 Å². The molecule has 0 radical (unpaired) electrons. The molecular formula is C44H32Cl4F6N12. The van der Waals surface area contributed by atoms with E-state index >= 15 is 0 Å². The lowest BCUT2D eigenvalue weighted by atomic mass is 10.0. The lowest BCUT2D eigenvalue weighted by Crippen LogP contribution is -2.48. The summed E-state index contributed by atoms with van der Waals surface area (Å²) < 4.78 is 80.5. The summed E-state index contributed by atoms with van der Waals surface area (Å²) >= 11 is 26.3. The van der Waals surface area contributed by atoms with Crippen LogP contribution >= 0.6 is 46.4 Å². The summed E-state index contributed by atoms with van der Waals surface area (Å²) in [5, 5.41) is 11.1. The van der Waals surface area contributed by atoms with Crippen LogP contribution in [0.25, 0.3) is 45.3 Å². The topological polar surface area (TPSA) is 139 Å². The van der Waals surface area contributed by atoms with E-state index in [-0.39, 0.29) is 37.8 Å². The van der Waals surface area contributed by atoms with Gasteiger partial charge in [0.15, 0.2) is 0 Å². The minimum Gasteiger partial charge on any atom is -0.368 e. The Bertz CT molecular complexity index is 2720. The van der Waals surface area contributed by atoms with Crippen LogP contribution in [0.5, 0.6) is 0 Å². The number of nitrogens with zero attached hydrogens (tertiary/aromatic N) is 8. The first-order chi connectivity index (χ1) is 31.6. The Morgan fingerprint density at radius 3 is 1.24 bits per heavy atom. The second-order valence-corrected chi connectivity index (χ2v) is 15.9. The third-order valence-corrected chi connectivity index (χ3v) is 11.0. The Morgan fingerprint density at radius 1 is 0.500 bits per heavy atom. The molecule has 0 amide bonds. The van der Waals surface area contributed by atoms with E-state index in [0.29, 0.717) is 77.0 Å². The SMILES string of the molecule is FC(F)(F)c1ccc(NCCN(c2ccc(-c3ncc[nH]3)c(-c3ccc(Cl)cc3Cl)n2)N(CCNc2ccc(C(F)(F)F)cn2)c2ccc(-c3ncc[nH]3)c(-c3ccc(Cl)cc3Cl)n2)nc1. The van der Waals surface area contributed by atoms with Crippen LogP contribution < -0.4 is 20.7 Å². The Labute approximate surface area is 392 Å². The zero-order chi connectivity index (χ0) is 46.6. The van der Waals surface area contributed by atoms with Gasteiger partial charge in [-0.15, -0.1) is 0 Å². The zero-order valence-electron chi connectivity index (χ0n) is 33.7. The van der Waals surface area contributed by atoms with Crippen molar-refractivity contribution in [3.63, 3.8) is 0 Å². The van der Waals surface area contributed by atoms with Gasteiger partial charge in [0.25, 0.3) is 0 Å². The van der Waals surface area contributed by atoms with Gasteiger partial charge in [-0.3, -0.25) is 10.0 Å². The van der Waals surface area contributed by atoms with Crippen molar-refractivity contribution in [1.29, 1.82) is 0 Å². The van der Waals surface area contributed by atoms with E-state index in [1.165, 1.54) is 12.1 Å². The highest BCUT2D eigenvalue weighted by Gasteiger charge is 2.32. The van der Waals surface area contributed by atoms with Gasteiger partial charge in [0, 0.05) is 82.6 Å². The third kappa shape index (κ3) is 10.6. The number of hydrogen-bond acceptors (Lipinski definition) is 10. The van der Waals surface area contributed by atoms with Gasteiger partial charge in [-0.2, -0.15) is 26.3 Å². The number of pyridine rings is 4. The number of rotatable bonds is 15. The lowest BCUT2D eigenvalue weighted by molar-refractivity contribution is -0.138. The van der Waals surface area contributed by atoms with Crippen molar-refractivity contribution in [1.82, 2.24) is 39.9 Å². The van der Waals surface area contributed by atoms with Crippen molar-refractivity contribution in [3.05, 3.63) is 153 Å². The molecule has 0 spiro atoms. The van der Waals surface area contributed by atoms with Gasteiger partial charge >= 0.3 is 12.4 Å². The number of anilines is 4. The number of hydrogen-bond donors (Lipinski definition) is 4. The number of alkyl halides is 6. The number of halogens is 10. The second kappa shape index (κ2) is 19.5. The Hall–Kier alpha value is -6.60. The van der Waals surface area contributed by atoms with Crippen molar-refractivity contribution in [2.24, 2.45) is 0 Å². The molecule has 0 aliphatic carbocycles. The standard InChI is InChI=1S/C44H32Cl4F6N12/c45-27-3-5-29(33(47)21-27)39-31(41-57-13-14-58-41)7-11-37(63-39)65(19-17-55-35-9-1-25(23-61-35)43(49,50)51)66(20-18-56-36-10-2-26(24-62-36)44(52,53)54)38-12-8-32(42-59-15-16-60-42)40(64-38)30-6-4-28(46)22-34(30)48/h1-16,21-24H,17-20H2,(H,55,61)(H,56,62)(H,57,58)(H,59,60). The number of aromatic nitrogens is 8. The highest BCUT2D eigenvalue weighted by Crippen LogP contribution is 2.39. The van der Waals surface area contributed by atoms with Crippen molar-refractivity contribution in [2.45, 2.75) is 12.4 Å². The smallest absolute Gasteiger partial charge is 0.368 e. The van der Waals surface area contributed by atoms with Gasteiger partial charge in [0.1, 0.15) is 34.9 Å². The van der Waals surface area contributed by atoms with Crippen molar-refractivity contribution in [2.75, 3.05) is 46.8 Å². The maximum absolute atomic E-state index is 13.4. The first kappa shape index (κ1) is 45.9. The zero-order valence-corrected chi connectivity index (χ0v) is 36.8. The average Bonchev–Trinajstić information content (AvgIpc) is 4.03. The number of nitrogens with one attached hydrogen (secondary N) is 4. The van der Waals surface area contributed by atoms with Crippen LogP contribution in [-0.4, -0.2) is 66.1 Å². The molecule has 0 saturated carbocycles. The number of benzene rings is 2. The van der Waals surface area contributed by atoms with Crippen LogP contribution in [-0.2, 0) is 12.4 Å². The summed E-state index contributed by atoms with van der Waals surface area (Å²) in [5.41, 5.74) is 1.20. The minimum atomic E-state index is -4.58. The quantitative estimate of drug-likeness (QED) is 0.0580. The predicted octanol–water partition coefficient (Wildman–Crippen LogP) is 12.5. The Morgan fingerprint density at radius 2 is 0.909 bits per heavy atom. The summed E-state index contributed by atoms with van der Waals surface area (Å²) in [4.78, 5) is 33.5. The minimum absolute atomic E-state index is 0.0702. The van der Waals surface area contributed by atoms with Crippen LogP contribution in [0.4, 0.5) is 49.6 Å². The lowest BCUT2D eigenvalue weighted by Gasteiger charge is -2.37. The van der Waals surface area contributed by atoms with Crippen LogP contribution in [0.3, 0.4) is 0 Å². The molecule has 0 atom stereocenters. The summed E-state index contributed by atoms with van der Waals surface area (Å²) in [6.07, 6.45) is -1.20. The summed E-state index contributed by atoms with van der Waals surface area (Å²) in [6, 6.07) is 21.3. The fourth-order valence-electron chi connectivity index (χ4n) is 6.80. The predicted molar refractivity (Wildman–Crippen MR) is 245 cm³/mol. The van der Waals surface area contributed by atoms with Gasteiger partial charge in [-0.05, 0) is 84.9 Å². The monoisotopic (exact) mass is 982 g/mol. The molecule has 8 rings (SSSR count). The molecule has 66 heavy (non-hydrogen) atoms. The molecule has 6 heterocycles. The number of H-pyrrole nitrogens is 2. The van der Waals surface area contributed by atoms with E-state index in [0.717, 1.165) is 24.5 Å². The summed E-state index contributed by atoms with van der Waals surface area (Å²) in [5.74, 6) is 1.98. The molecule has 0 unspecified atom stereocenters. The largest absolute Gasteiger partial charge is 0.417 e. The molecule has 0 aliphatic rings. The first-order valence-corrected chi connectivity index (χ1v) is 21.2. The van der Waals surface area contributed by atoms with Crippen molar-refractivity contribution in [3.8, 4) is 45.3 Å². The molecule has 6 aromatic heterocycles. The van der Waals surface area contributed by atoms with Crippen molar-refractivity contribution < 1.29 is 26.3 Å². The fourth-order valence-corrected chi connectivity index (χ4v) is 7.79. The molecule has 0 saturated heterocycles. The highest BCUT2D eigenvalue weighted by molar-refractivity contribution is 6.37. The highest BCUT2D eigenvalue weighted by atomic mass is 35.5. The molecule has 8 aromatic rings. The van der Waals surface area contributed by atoms with Crippen molar-refractivity contribution >= 4 is 69.7 Å². The van der Waals surface area contributed by atoms with E-state index in [1.54, 1.807) is 95.5 Å². The Kier molecular flexibility index (Phi) is 13.6. The van der Waals surface area contributed by atoms with Crippen LogP contribution in [0.15, 0.2) is 122 Å². The van der Waals surface area contributed by atoms with E-state index in [1.807, 2.05) is 0 Å². The molecule has 0 bridgehead atoms. The van der Waals surface area contributed by atoms with E-state index < -0.39 is 23.5 Å². The van der Waals surface area contributed by atoms with Crippen LogP contribution in [0.1, 0.15) is 11.1 Å². The molecule has 4 N–H and O–H groups in total. The maximum Gasteiger partial charge on any atom is 0.417 e.